The van der Waals surface area contributed by atoms with Crippen LogP contribution in [0.4, 0.5) is 68.2 Å². The predicted molar refractivity (Wildman–Crippen MR) is 284 cm³/mol. The molecule has 0 N–H and O–H groups in total. The summed E-state index contributed by atoms with van der Waals surface area (Å²) in [6, 6.07) is 22.0. The van der Waals surface area contributed by atoms with E-state index in [1.807, 2.05) is 111 Å². The first kappa shape index (κ1) is 39.7. The van der Waals surface area contributed by atoms with Crippen LogP contribution in [0.15, 0.2) is 148 Å². The van der Waals surface area contributed by atoms with Gasteiger partial charge in [0.15, 0.2) is 0 Å². The number of fused-ring (bicyclic) bond motifs is 30. The van der Waals surface area contributed by atoms with Crippen LogP contribution in [0.25, 0.3) is 0 Å². The number of aromatic nitrogens is 9. The minimum atomic E-state index is 0.451. The van der Waals surface area contributed by atoms with E-state index in [0.717, 1.165) is 38.5 Å². The van der Waals surface area contributed by atoms with Gasteiger partial charge in [-0.15, -0.1) is 0 Å². The number of hydrogen-bond donors (Lipinski definition) is 0. The number of rotatable bonds is 0. The summed E-state index contributed by atoms with van der Waals surface area (Å²) in [5, 5.41) is 0. The fourth-order valence-electron chi connectivity index (χ4n) is 16.8. The molecule has 0 saturated heterocycles. The smallest absolute Gasteiger partial charge is 0.0661 e. The molecule has 0 amide bonds. The molecule has 15 nitrogen and oxygen atoms in total. The maximum Gasteiger partial charge on any atom is 0.0661 e. The van der Waals surface area contributed by atoms with Crippen molar-refractivity contribution < 1.29 is 0 Å². The lowest BCUT2D eigenvalue weighted by Gasteiger charge is -2.29. The molecule has 12 aliphatic heterocycles. The number of hydrogen-bond acceptors (Lipinski definition) is 15. The number of pyridine rings is 9. The Morgan fingerprint density at radius 1 is 0.267 bits per heavy atom. The quantitative estimate of drug-likeness (QED) is 0.143. The van der Waals surface area contributed by atoms with Gasteiger partial charge < -0.3 is 29.4 Å². The van der Waals surface area contributed by atoms with Crippen LogP contribution >= 0.6 is 0 Å². The van der Waals surface area contributed by atoms with Gasteiger partial charge in [0, 0.05) is 139 Å². The van der Waals surface area contributed by atoms with Gasteiger partial charge in [0.25, 0.3) is 0 Å². The average Bonchev–Trinajstić information content (AvgIpc) is 4.41. The fourth-order valence-corrected chi connectivity index (χ4v) is 16.8. The molecule has 21 rings (SSSR count). The first-order valence-corrected chi connectivity index (χ1v) is 26.5. The van der Waals surface area contributed by atoms with Crippen molar-refractivity contribution >= 4 is 68.2 Å². The third-order valence-corrected chi connectivity index (χ3v) is 19.2. The van der Waals surface area contributed by atoms with Crippen molar-refractivity contribution in [1.82, 2.24) is 44.9 Å². The van der Waals surface area contributed by atoms with Gasteiger partial charge in [-0.25, -0.2) is 0 Å². The molecule has 0 aliphatic carbocycles. The summed E-state index contributed by atoms with van der Waals surface area (Å²) in [4.78, 5) is 55.8. The zero-order valence-corrected chi connectivity index (χ0v) is 40.5. The molecule has 9 aromatic rings. The Kier molecular flexibility index (Phi) is 7.43. The summed E-state index contributed by atoms with van der Waals surface area (Å²) in [5.74, 6) is 1.53. The highest BCUT2D eigenvalue weighted by Gasteiger charge is 2.59. The van der Waals surface area contributed by atoms with Crippen molar-refractivity contribution in [3.05, 3.63) is 198 Å². The highest BCUT2D eigenvalue weighted by molar-refractivity contribution is 5.92. The molecule has 7 atom stereocenters. The van der Waals surface area contributed by atoms with Crippen LogP contribution in [0, 0.1) is 0 Å². The lowest BCUT2D eigenvalue weighted by molar-refractivity contribution is 0.500. The van der Waals surface area contributed by atoms with Crippen LogP contribution in [-0.4, -0.2) is 81.1 Å². The SMILES string of the molecule is c1cc2c(cn1)N1c3cncc4c3C(C1C2)C1Cc2ccncc2N41.c1cnc2c(c1)N1c3cncc4c3C(C1C2)C1Cc2ncccc2N41.c1cnc2c(c1)N1c3cncc4c3C(C3Cc5cnccc5N43)C1C2. The van der Waals surface area contributed by atoms with Gasteiger partial charge in [0.1, 0.15) is 0 Å². The molecular weight excluding hydrogens is 931 g/mol. The van der Waals surface area contributed by atoms with Crippen molar-refractivity contribution in [3.8, 4) is 0 Å². The van der Waals surface area contributed by atoms with Gasteiger partial charge in [-0.1, -0.05) is 0 Å². The van der Waals surface area contributed by atoms with Crippen LogP contribution in [0.3, 0.4) is 0 Å². The molecular formula is C60H45N15. The number of anilines is 12. The first-order valence-electron chi connectivity index (χ1n) is 26.5. The second-order valence-electron chi connectivity index (χ2n) is 22.1. The highest BCUT2D eigenvalue weighted by Crippen LogP contribution is 2.66. The minimum absolute atomic E-state index is 0.451. The number of nitrogens with zero attached hydrogens (tertiary/aromatic N) is 15. The van der Waals surface area contributed by atoms with E-state index in [9.17, 15) is 0 Å². The van der Waals surface area contributed by atoms with Crippen molar-refractivity contribution in [2.75, 3.05) is 29.4 Å². The Labute approximate surface area is 431 Å². The normalized spacial score (nSPS) is 26.3. The van der Waals surface area contributed by atoms with Crippen LogP contribution in [0.1, 0.15) is 68.2 Å². The molecule has 7 unspecified atom stereocenters. The van der Waals surface area contributed by atoms with Gasteiger partial charge in [-0.2, -0.15) is 0 Å². The largest absolute Gasteiger partial charge is 0.335 e. The molecule has 0 radical (unpaired) electrons. The molecule has 0 aromatic carbocycles. The van der Waals surface area contributed by atoms with E-state index in [1.165, 1.54) is 119 Å². The standard InChI is InChI=1S/3C20H15N5/c1-3-21-7-15-11(1)5-13-19-14-6-12-2-4-22-8-16(12)25(14)18-10-23-9-17(20(18)19)24(13)15;1-3-13-11(22-5-1)7-15-19-16-8-12-14(4-2-6-23-12)25(16)18-10-21-9-17(20(18)19)24(13)15;1-2-14-12(23-4-1)7-16-19-15-6-11-8-21-5-3-13(11)24(15)17-9-22-10-18(20(17)19)25(14)16/h1-4,7-10,13-14,19H,5-6H2;1-6,9-10,15-16,19H,7-8H2;1-5,8-10,15-16,19H,6-7H2. The molecule has 0 saturated carbocycles. The van der Waals surface area contributed by atoms with Crippen LogP contribution < -0.4 is 29.4 Å². The Morgan fingerprint density at radius 2 is 0.587 bits per heavy atom. The molecule has 360 valence electrons. The van der Waals surface area contributed by atoms with Crippen molar-refractivity contribution in [2.24, 2.45) is 0 Å². The molecule has 15 heteroatoms. The Balaban J connectivity index is 0.0000000865. The topological polar surface area (TPSA) is 135 Å². The minimum Gasteiger partial charge on any atom is -0.335 e. The monoisotopic (exact) mass is 975 g/mol. The van der Waals surface area contributed by atoms with Gasteiger partial charge in [0.2, 0.25) is 0 Å². The van der Waals surface area contributed by atoms with Gasteiger partial charge in [-0.3, -0.25) is 44.9 Å². The molecule has 0 bridgehead atoms. The molecule has 9 aromatic heterocycles. The van der Waals surface area contributed by atoms with Crippen LogP contribution in [0.2, 0.25) is 0 Å². The summed E-state index contributed by atoms with van der Waals surface area (Å²) in [6.45, 7) is 0. The lowest BCUT2D eigenvalue weighted by Crippen LogP contribution is -2.37. The Hall–Kier alpha value is -8.85. The summed E-state index contributed by atoms with van der Waals surface area (Å²) in [5.41, 5.74) is 27.6. The Bertz CT molecular complexity index is 3350. The summed E-state index contributed by atoms with van der Waals surface area (Å²) in [6.07, 6.45) is 36.1. The van der Waals surface area contributed by atoms with Crippen LogP contribution in [-0.2, 0) is 38.5 Å². The maximum absolute atomic E-state index is 4.64. The lowest BCUT2D eigenvalue weighted by atomic mass is 9.87. The maximum atomic E-state index is 4.64. The van der Waals surface area contributed by atoms with Crippen molar-refractivity contribution in [1.29, 1.82) is 0 Å². The molecule has 0 spiro atoms. The van der Waals surface area contributed by atoms with Gasteiger partial charge in [-0.05, 0) is 90.6 Å². The van der Waals surface area contributed by atoms with E-state index in [4.69, 9.17) is 0 Å². The van der Waals surface area contributed by atoms with E-state index in [0.29, 0.717) is 54.0 Å². The molecule has 75 heavy (non-hydrogen) atoms. The molecule has 21 heterocycles. The zero-order chi connectivity index (χ0) is 48.4. The van der Waals surface area contributed by atoms with Gasteiger partial charge >= 0.3 is 0 Å². The summed E-state index contributed by atoms with van der Waals surface area (Å²) < 4.78 is 0. The van der Waals surface area contributed by atoms with E-state index in [-0.39, 0.29) is 0 Å². The van der Waals surface area contributed by atoms with Crippen molar-refractivity contribution in [2.45, 2.75) is 92.5 Å². The molecule has 0 fully saturated rings. The summed E-state index contributed by atoms with van der Waals surface area (Å²) >= 11 is 0. The summed E-state index contributed by atoms with van der Waals surface area (Å²) in [7, 11) is 0. The van der Waals surface area contributed by atoms with E-state index >= 15 is 0 Å². The first-order chi connectivity index (χ1) is 37.2. The van der Waals surface area contributed by atoms with E-state index in [2.05, 4.69) is 111 Å². The molecule has 12 aliphatic rings. The second-order valence-corrected chi connectivity index (χ2v) is 22.1. The third-order valence-electron chi connectivity index (χ3n) is 19.2. The Morgan fingerprint density at radius 3 is 1.00 bits per heavy atom. The van der Waals surface area contributed by atoms with Crippen LogP contribution in [0.5, 0.6) is 0 Å². The van der Waals surface area contributed by atoms with E-state index < -0.39 is 0 Å². The highest BCUT2D eigenvalue weighted by atomic mass is 15.3. The predicted octanol–water partition coefficient (Wildman–Crippen LogP) is 9.32. The fraction of sp³-hybridized carbons (Fsp3) is 0.250. The van der Waals surface area contributed by atoms with E-state index in [1.54, 1.807) is 0 Å². The average molecular weight is 976 g/mol. The third kappa shape index (κ3) is 4.86. The second kappa shape index (κ2) is 14.0. The van der Waals surface area contributed by atoms with Crippen molar-refractivity contribution in [3.63, 3.8) is 0 Å². The van der Waals surface area contributed by atoms with Gasteiger partial charge in [0.05, 0.1) is 129 Å². The zero-order valence-electron chi connectivity index (χ0n) is 40.5.